The lowest BCUT2D eigenvalue weighted by Crippen LogP contribution is -2.46. The topological polar surface area (TPSA) is 69.7 Å². The molecule has 0 radical (unpaired) electrons. The van der Waals surface area contributed by atoms with Crippen molar-refractivity contribution in [3.8, 4) is 0 Å². The van der Waals surface area contributed by atoms with Crippen molar-refractivity contribution in [2.24, 2.45) is 0 Å². The van der Waals surface area contributed by atoms with Gasteiger partial charge in [-0.25, -0.2) is 4.79 Å². The minimum atomic E-state index is -4.66. The molecule has 2 aromatic carbocycles. The quantitative estimate of drug-likeness (QED) is 0.615. The van der Waals surface area contributed by atoms with E-state index in [1.54, 1.807) is 30.3 Å². The Morgan fingerprint density at radius 1 is 1.12 bits per heavy atom. The van der Waals surface area contributed by atoms with Crippen LogP contribution in [0.2, 0.25) is 10.0 Å². The zero-order valence-electron chi connectivity index (χ0n) is 16.7. The minimum absolute atomic E-state index is 0.115. The third kappa shape index (κ3) is 5.16. The molecule has 1 unspecified atom stereocenters. The number of urea groups is 1. The first-order valence-electron chi connectivity index (χ1n) is 9.39. The van der Waals surface area contributed by atoms with E-state index >= 15 is 0 Å². The maximum absolute atomic E-state index is 13.1. The van der Waals surface area contributed by atoms with Crippen molar-refractivity contribution in [3.63, 3.8) is 0 Å². The van der Waals surface area contributed by atoms with Crippen molar-refractivity contribution < 1.29 is 27.6 Å². The number of hydrogen-bond donors (Lipinski definition) is 1. The van der Waals surface area contributed by atoms with Crippen LogP contribution in [0.15, 0.2) is 48.5 Å². The Bertz CT molecular complexity index is 1050. The van der Waals surface area contributed by atoms with Gasteiger partial charge in [0.2, 0.25) is 5.91 Å². The molecule has 1 heterocycles. The zero-order valence-corrected chi connectivity index (χ0v) is 18.3. The molecule has 2 aromatic rings. The second kappa shape index (κ2) is 8.99. The van der Waals surface area contributed by atoms with E-state index in [-0.39, 0.29) is 17.1 Å². The number of rotatable bonds is 6. The summed E-state index contributed by atoms with van der Waals surface area (Å²) in [5.74, 6) is -1.84. The van der Waals surface area contributed by atoms with Gasteiger partial charge < -0.3 is 10.2 Å². The Kier molecular flexibility index (Phi) is 6.71. The summed E-state index contributed by atoms with van der Waals surface area (Å²) >= 11 is 12.0. The smallest absolute Gasteiger partial charge is 0.328 e. The van der Waals surface area contributed by atoms with Gasteiger partial charge >= 0.3 is 12.2 Å². The Labute approximate surface area is 191 Å². The number of carbonyl (C=O) groups is 3. The highest BCUT2D eigenvalue weighted by Crippen LogP contribution is 2.35. The lowest BCUT2D eigenvalue weighted by molar-refractivity contribution is -0.163. The first-order chi connectivity index (χ1) is 14.9. The Hall–Kier alpha value is -2.78. The second-order valence-corrected chi connectivity index (χ2v) is 8.26. The van der Waals surface area contributed by atoms with E-state index in [0.29, 0.717) is 20.4 Å². The third-order valence-corrected chi connectivity index (χ3v) is 5.53. The summed E-state index contributed by atoms with van der Waals surface area (Å²) in [6.45, 7) is -1.31. The first-order valence-corrected chi connectivity index (χ1v) is 10.1. The van der Waals surface area contributed by atoms with Crippen LogP contribution in [-0.2, 0) is 21.7 Å². The summed E-state index contributed by atoms with van der Waals surface area (Å²) in [5, 5.41) is 2.90. The van der Waals surface area contributed by atoms with Crippen molar-refractivity contribution in [2.45, 2.75) is 25.2 Å². The Balaban J connectivity index is 1.82. The standard InChI is InChI=1S/C21H18Cl2F3N3O3/c1-20(15-8-7-14(22)9-16(15)23)18(31)29(19(32)27-20)11-17(30)28(12-21(24,25)26)10-13-5-3-2-4-6-13/h2-9H,10-12H2,1H3,(H,27,32). The predicted molar refractivity (Wildman–Crippen MR) is 112 cm³/mol. The lowest BCUT2D eigenvalue weighted by atomic mass is 9.92. The van der Waals surface area contributed by atoms with Crippen LogP contribution in [0.1, 0.15) is 18.1 Å². The zero-order chi connectivity index (χ0) is 23.7. The number of halogens is 5. The normalized spacial score (nSPS) is 18.6. The average molecular weight is 488 g/mol. The van der Waals surface area contributed by atoms with Crippen LogP contribution < -0.4 is 5.32 Å². The van der Waals surface area contributed by atoms with E-state index in [4.69, 9.17) is 23.2 Å². The third-order valence-electron chi connectivity index (χ3n) is 4.98. The highest BCUT2D eigenvalue weighted by Gasteiger charge is 2.50. The van der Waals surface area contributed by atoms with Crippen molar-refractivity contribution >= 4 is 41.0 Å². The maximum atomic E-state index is 13.1. The van der Waals surface area contributed by atoms with Gasteiger partial charge in [0.1, 0.15) is 18.6 Å². The number of nitrogens with one attached hydrogen (secondary N) is 1. The molecule has 170 valence electrons. The molecule has 1 atom stereocenters. The van der Waals surface area contributed by atoms with Gasteiger partial charge in [0.15, 0.2) is 0 Å². The molecule has 0 bridgehead atoms. The number of nitrogens with zero attached hydrogens (tertiary/aromatic N) is 2. The molecule has 3 rings (SSSR count). The highest BCUT2D eigenvalue weighted by molar-refractivity contribution is 6.35. The summed E-state index contributed by atoms with van der Waals surface area (Å²) in [4.78, 5) is 39.4. The van der Waals surface area contributed by atoms with E-state index in [0.717, 1.165) is 0 Å². The van der Waals surface area contributed by atoms with Crippen molar-refractivity contribution in [1.82, 2.24) is 15.1 Å². The summed E-state index contributed by atoms with van der Waals surface area (Å²) in [5.41, 5.74) is -0.888. The number of hydrogen-bond acceptors (Lipinski definition) is 3. The van der Waals surface area contributed by atoms with Crippen LogP contribution >= 0.6 is 23.2 Å². The van der Waals surface area contributed by atoms with Crippen LogP contribution in [0.25, 0.3) is 0 Å². The van der Waals surface area contributed by atoms with E-state index in [2.05, 4.69) is 5.32 Å². The molecular formula is C21H18Cl2F3N3O3. The molecular weight excluding hydrogens is 470 g/mol. The first kappa shape index (κ1) is 23.9. The van der Waals surface area contributed by atoms with Gasteiger partial charge in [-0.15, -0.1) is 0 Å². The van der Waals surface area contributed by atoms with Gasteiger partial charge in [-0.3, -0.25) is 14.5 Å². The molecule has 1 aliphatic heterocycles. The van der Waals surface area contributed by atoms with Gasteiger partial charge in [0, 0.05) is 22.2 Å². The number of imide groups is 1. The summed E-state index contributed by atoms with van der Waals surface area (Å²) in [6.07, 6.45) is -4.66. The van der Waals surface area contributed by atoms with Gasteiger partial charge in [-0.2, -0.15) is 13.2 Å². The van der Waals surface area contributed by atoms with Crippen LogP contribution in [0, 0.1) is 0 Å². The minimum Gasteiger partial charge on any atom is -0.328 e. The number of amides is 4. The Morgan fingerprint density at radius 2 is 1.78 bits per heavy atom. The maximum Gasteiger partial charge on any atom is 0.406 e. The molecule has 0 aromatic heterocycles. The number of benzene rings is 2. The summed E-state index contributed by atoms with van der Waals surface area (Å²) in [6, 6.07) is 11.5. The molecule has 1 aliphatic rings. The number of alkyl halides is 3. The van der Waals surface area contributed by atoms with Crippen LogP contribution in [0.3, 0.4) is 0 Å². The average Bonchev–Trinajstić information content (AvgIpc) is 2.90. The van der Waals surface area contributed by atoms with Gasteiger partial charge in [-0.05, 0) is 24.6 Å². The summed E-state index contributed by atoms with van der Waals surface area (Å²) in [7, 11) is 0. The molecule has 0 aliphatic carbocycles. The molecule has 6 nitrogen and oxygen atoms in total. The lowest BCUT2D eigenvalue weighted by Gasteiger charge is -2.26. The highest BCUT2D eigenvalue weighted by atomic mass is 35.5. The van der Waals surface area contributed by atoms with Gasteiger partial charge in [0.25, 0.3) is 5.91 Å². The molecule has 32 heavy (non-hydrogen) atoms. The van der Waals surface area contributed by atoms with Crippen LogP contribution in [-0.4, -0.2) is 46.9 Å². The second-order valence-electron chi connectivity index (χ2n) is 7.42. The van der Waals surface area contributed by atoms with Crippen molar-refractivity contribution in [1.29, 1.82) is 0 Å². The van der Waals surface area contributed by atoms with Crippen LogP contribution in [0.4, 0.5) is 18.0 Å². The van der Waals surface area contributed by atoms with E-state index in [9.17, 15) is 27.6 Å². The van der Waals surface area contributed by atoms with Crippen LogP contribution in [0.5, 0.6) is 0 Å². The van der Waals surface area contributed by atoms with Crippen molar-refractivity contribution in [2.75, 3.05) is 13.1 Å². The molecule has 1 fully saturated rings. The van der Waals surface area contributed by atoms with Gasteiger partial charge in [0.05, 0.1) is 0 Å². The fourth-order valence-electron chi connectivity index (χ4n) is 3.41. The van der Waals surface area contributed by atoms with Crippen molar-refractivity contribution in [3.05, 3.63) is 69.7 Å². The molecule has 1 N–H and O–H groups in total. The molecule has 1 saturated heterocycles. The van der Waals surface area contributed by atoms with Gasteiger partial charge in [-0.1, -0.05) is 59.6 Å². The molecule has 0 spiro atoms. The largest absolute Gasteiger partial charge is 0.406 e. The van der Waals surface area contributed by atoms with E-state index < -0.39 is 42.7 Å². The van der Waals surface area contributed by atoms with E-state index in [1.807, 2.05) is 0 Å². The fraction of sp³-hybridized carbons (Fsp3) is 0.286. The number of carbonyl (C=O) groups excluding carboxylic acids is 3. The molecule has 11 heteroatoms. The molecule has 4 amide bonds. The fourth-order valence-corrected chi connectivity index (χ4v) is 4.00. The molecule has 0 saturated carbocycles. The SMILES string of the molecule is CC1(c2ccc(Cl)cc2Cl)NC(=O)N(CC(=O)N(Cc2ccccc2)CC(F)(F)F)C1=O. The summed E-state index contributed by atoms with van der Waals surface area (Å²) < 4.78 is 39.2. The monoisotopic (exact) mass is 487 g/mol. The van der Waals surface area contributed by atoms with E-state index in [1.165, 1.54) is 25.1 Å². The predicted octanol–water partition coefficient (Wildman–Crippen LogP) is 4.35. The Morgan fingerprint density at radius 3 is 2.38 bits per heavy atom.